The van der Waals surface area contributed by atoms with E-state index in [0.29, 0.717) is 6.04 Å². The van der Waals surface area contributed by atoms with Crippen LogP contribution in [-0.2, 0) is 11.3 Å². The lowest BCUT2D eigenvalue weighted by atomic mass is 10.2. The molecule has 0 saturated heterocycles. The minimum Gasteiger partial charge on any atom is -0.385 e. The number of methoxy groups -OCH3 is 1. The van der Waals surface area contributed by atoms with E-state index in [1.54, 1.807) is 13.4 Å². The molecule has 0 spiro atoms. The first-order valence-corrected chi connectivity index (χ1v) is 8.47. The van der Waals surface area contributed by atoms with Crippen LogP contribution in [0.3, 0.4) is 0 Å². The highest BCUT2D eigenvalue weighted by molar-refractivity contribution is 6.29. The van der Waals surface area contributed by atoms with Crippen molar-refractivity contribution in [3.63, 3.8) is 0 Å². The highest BCUT2D eigenvalue weighted by atomic mass is 16.5. The molecule has 0 aliphatic carbocycles. The van der Waals surface area contributed by atoms with E-state index in [9.17, 15) is 0 Å². The van der Waals surface area contributed by atoms with Crippen LogP contribution in [-0.4, -0.2) is 73.4 Å². The van der Waals surface area contributed by atoms with Gasteiger partial charge in [0.15, 0.2) is 0 Å². The van der Waals surface area contributed by atoms with Crippen LogP contribution in [0.25, 0.3) is 0 Å². The maximum absolute atomic E-state index is 5.17. The van der Waals surface area contributed by atoms with Crippen LogP contribution < -0.4 is 4.90 Å². The van der Waals surface area contributed by atoms with Crippen LogP contribution in [0.15, 0.2) is 22.4 Å². The fraction of sp³-hybridized carbons (Fsp3) is 0.647. The van der Waals surface area contributed by atoms with Crippen molar-refractivity contribution in [1.82, 2.24) is 14.9 Å². The van der Waals surface area contributed by atoms with Crippen molar-refractivity contribution in [1.29, 1.82) is 0 Å². The maximum Gasteiger partial charge on any atom is 0.142 e. The molecule has 0 N–H and O–H groups in total. The molecule has 1 aromatic heterocycles. The molecule has 0 radical (unpaired) electrons. The molecule has 0 saturated carbocycles. The van der Waals surface area contributed by atoms with Crippen LogP contribution in [0, 0.1) is 0 Å². The van der Waals surface area contributed by atoms with Crippen molar-refractivity contribution in [3.8, 4) is 0 Å². The molecule has 2 heterocycles. The van der Waals surface area contributed by atoms with Gasteiger partial charge in [-0.1, -0.05) is 0 Å². The molecule has 1 atom stereocenters. The SMILES string of the molecule is CC/N=C1/C=NCCN1Cc1cc(N(C)C(C)CCOC)ncn1. The fourth-order valence-electron chi connectivity index (χ4n) is 2.55. The first-order valence-electron chi connectivity index (χ1n) is 8.47. The summed E-state index contributed by atoms with van der Waals surface area (Å²) in [6.45, 7) is 8.10. The Balaban J connectivity index is 2.07. The van der Waals surface area contributed by atoms with Gasteiger partial charge in [0.2, 0.25) is 0 Å². The standard InChI is InChI=1S/C17H28N6O/c1-5-19-17-11-18-7-8-23(17)12-15-10-16(21-13-20-15)22(3)14(2)6-9-24-4/h10-11,13-14H,5-9,12H2,1-4H3/b19-17-. The van der Waals surface area contributed by atoms with E-state index in [4.69, 9.17) is 4.74 Å². The van der Waals surface area contributed by atoms with Crippen molar-refractivity contribution in [3.05, 3.63) is 18.1 Å². The third-order valence-corrected chi connectivity index (χ3v) is 4.17. The molecule has 1 unspecified atom stereocenters. The van der Waals surface area contributed by atoms with Crippen molar-refractivity contribution >= 4 is 17.9 Å². The van der Waals surface area contributed by atoms with Crippen LogP contribution >= 0.6 is 0 Å². The number of amidine groups is 1. The van der Waals surface area contributed by atoms with E-state index in [-0.39, 0.29) is 0 Å². The summed E-state index contributed by atoms with van der Waals surface area (Å²) in [5, 5.41) is 0. The number of aromatic nitrogens is 2. The lowest BCUT2D eigenvalue weighted by molar-refractivity contribution is 0.189. The molecular weight excluding hydrogens is 304 g/mol. The van der Waals surface area contributed by atoms with Crippen molar-refractivity contribution < 1.29 is 4.74 Å². The maximum atomic E-state index is 5.17. The van der Waals surface area contributed by atoms with Gasteiger partial charge in [-0.2, -0.15) is 0 Å². The second kappa shape index (κ2) is 9.32. The number of rotatable bonds is 8. The third kappa shape index (κ3) is 4.99. The minimum atomic E-state index is 0.354. The van der Waals surface area contributed by atoms with Gasteiger partial charge in [-0.15, -0.1) is 0 Å². The predicted molar refractivity (Wildman–Crippen MR) is 98.1 cm³/mol. The second-order valence-corrected chi connectivity index (χ2v) is 5.90. The number of aliphatic imine (C=N–C) groups is 2. The summed E-state index contributed by atoms with van der Waals surface area (Å²) in [6.07, 6.45) is 4.45. The molecule has 7 heteroatoms. The molecule has 1 aliphatic heterocycles. The lowest BCUT2D eigenvalue weighted by Crippen LogP contribution is -2.37. The zero-order valence-electron chi connectivity index (χ0n) is 15.1. The van der Waals surface area contributed by atoms with Gasteiger partial charge in [0.25, 0.3) is 0 Å². The van der Waals surface area contributed by atoms with Gasteiger partial charge in [0.1, 0.15) is 18.0 Å². The van der Waals surface area contributed by atoms with E-state index < -0.39 is 0 Å². The zero-order valence-corrected chi connectivity index (χ0v) is 15.1. The molecule has 0 aromatic carbocycles. The average Bonchev–Trinajstić information content (AvgIpc) is 2.61. The molecular formula is C17H28N6O. The highest BCUT2D eigenvalue weighted by Crippen LogP contribution is 2.15. The Labute approximate surface area is 144 Å². The van der Waals surface area contributed by atoms with Gasteiger partial charge in [-0.3, -0.25) is 9.98 Å². The summed E-state index contributed by atoms with van der Waals surface area (Å²) in [5.74, 6) is 1.87. The van der Waals surface area contributed by atoms with Crippen LogP contribution in [0.2, 0.25) is 0 Å². The average molecular weight is 332 g/mol. The summed E-state index contributed by atoms with van der Waals surface area (Å²) in [7, 11) is 3.79. The predicted octanol–water partition coefficient (Wildman–Crippen LogP) is 1.64. The Kier molecular flexibility index (Phi) is 7.11. The minimum absolute atomic E-state index is 0.354. The molecule has 0 amide bonds. The van der Waals surface area contributed by atoms with Gasteiger partial charge >= 0.3 is 0 Å². The van der Waals surface area contributed by atoms with Gasteiger partial charge in [0, 0.05) is 46.0 Å². The number of ether oxygens (including phenoxy) is 1. The Bertz CT molecular complexity index is 574. The summed E-state index contributed by atoms with van der Waals surface area (Å²) in [5.41, 5.74) is 0.991. The van der Waals surface area contributed by atoms with E-state index in [2.05, 4.69) is 49.8 Å². The highest BCUT2D eigenvalue weighted by Gasteiger charge is 2.16. The van der Waals surface area contributed by atoms with E-state index in [1.165, 1.54) is 0 Å². The molecule has 2 rings (SSSR count). The Morgan fingerprint density at radius 1 is 1.42 bits per heavy atom. The number of nitrogens with zero attached hydrogens (tertiary/aromatic N) is 6. The molecule has 1 aliphatic rings. The lowest BCUT2D eigenvalue weighted by Gasteiger charge is -2.28. The molecule has 0 bridgehead atoms. The van der Waals surface area contributed by atoms with Crippen molar-refractivity contribution in [2.45, 2.75) is 32.9 Å². The smallest absolute Gasteiger partial charge is 0.142 e. The summed E-state index contributed by atoms with van der Waals surface area (Å²) < 4.78 is 5.17. The van der Waals surface area contributed by atoms with E-state index >= 15 is 0 Å². The van der Waals surface area contributed by atoms with E-state index in [0.717, 1.165) is 56.6 Å². The number of anilines is 1. The molecule has 24 heavy (non-hydrogen) atoms. The van der Waals surface area contributed by atoms with E-state index in [1.807, 2.05) is 13.1 Å². The Morgan fingerprint density at radius 2 is 2.25 bits per heavy atom. The Hall–Kier alpha value is -2.02. The van der Waals surface area contributed by atoms with Crippen LogP contribution in [0.5, 0.6) is 0 Å². The summed E-state index contributed by atoms with van der Waals surface area (Å²) in [6, 6.07) is 2.41. The third-order valence-electron chi connectivity index (χ3n) is 4.17. The topological polar surface area (TPSA) is 66.2 Å². The zero-order chi connectivity index (χ0) is 17.4. The number of hydrogen-bond donors (Lipinski definition) is 0. The van der Waals surface area contributed by atoms with Gasteiger partial charge in [0.05, 0.1) is 25.0 Å². The van der Waals surface area contributed by atoms with Crippen molar-refractivity contribution in [2.75, 3.05) is 45.3 Å². The van der Waals surface area contributed by atoms with Crippen LogP contribution in [0.1, 0.15) is 26.0 Å². The van der Waals surface area contributed by atoms with Crippen molar-refractivity contribution in [2.24, 2.45) is 9.98 Å². The number of hydrogen-bond acceptors (Lipinski definition) is 6. The molecule has 0 fully saturated rings. The van der Waals surface area contributed by atoms with Gasteiger partial charge in [-0.05, 0) is 20.3 Å². The normalized spacial score (nSPS) is 17.3. The fourth-order valence-corrected chi connectivity index (χ4v) is 2.55. The van der Waals surface area contributed by atoms with Gasteiger partial charge in [-0.25, -0.2) is 9.97 Å². The second-order valence-electron chi connectivity index (χ2n) is 5.90. The molecule has 132 valence electrons. The molecule has 1 aromatic rings. The largest absolute Gasteiger partial charge is 0.385 e. The summed E-state index contributed by atoms with van der Waals surface area (Å²) in [4.78, 5) is 22.1. The first kappa shape index (κ1) is 18.3. The quantitative estimate of drug-likeness (QED) is 0.724. The van der Waals surface area contributed by atoms with Gasteiger partial charge < -0.3 is 14.5 Å². The monoisotopic (exact) mass is 332 g/mol. The Morgan fingerprint density at radius 3 is 3.00 bits per heavy atom. The van der Waals surface area contributed by atoms with Crippen LogP contribution in [0.4, 0.5) is 5.82 Å². The molecule has 7 nitrogen and oxygen atoms in total. The summed E-state index contributed by atoms with van der Waals surface area (Å²) >= 11 is 0. The first-order chi connectivity index (χ1) is 11.7.